The Morgan fingerprint density at radius 1 is 1.23 bits per heavy atom. The molecule has 4 aromatic rings. The highest BCUT2D eigenvalue weighted by Crippen LogP contribution is 2.45. The fraction of sp³-hybridized carbons (Fsp3) is 0.500. The van der Waals surface area contributed by atoms with E-state index in [0.29, 0.717) is 59.1 Å². The van der Waals surface area contributed by atoms with Crippen molar-refractivity contribution in [2.45, 2.75) is 62.7 Å². The van der Waals surface area contributed by atoms with E-state index in [0.717, 1.165) is 77.9 Å². The van der Waals surface area contributed by atoms with Gasteiger partial charge in [-0.1, -0.05) is 19.1 Å². The summed E-state index contributed by atoms with van der Waals surface area (Å²) in [5.74, 6) is 2.24. The smallest absolute Gasteiger partial charge is 0.320 e. The average Bonchev–Trinajstić information content (AvgIpc) is 3.72. The van der Waals surface area contributed by atoms with E-state index in [4.69, 9.17) is 30.2 Å². The molecule has 0 aliphatic carbocycles. The summed E-state index contributed by atoms with van der Waals surface area (Å²) in [6.45, 7) is 6.60. The van der Waals surface area contributed by atoms with Crippen LogP contribution < -0.4 is 25.4 Å². The van der Waals surface area contributed by atoms with Crippen LogP contribution >= 0.6 is 11.3 Å². The number of nitriles is 1. The Hall–Kier alpha value is -3.72. The second-order valence-electron chi connectivity index (χ2n) is 13.1. The standard InChI is InChI=1S/C32H34N8O2S/c1-17-11-32(8-3-9-39(32)13-17)16-42-31-37-29-27-24(41-15-23-21-7-6-18(35-21)14-40(23)30(27)38-31)10-22(36-29)19-4-2-5-25-26(19)20(12-33)28(34)43-25/h2,4-5,10,17-18,21,23,35H,3,6-9,11,13-16,34H2,1H3/t17-,18-,21+,23-,32+/m1/s1. The van der Waals surface area contributed by atoms with E-state index in [-0.39, 0.29) is 11.6 Å². The molecule has 5 aliphatic heterocycles. The van der Waals surface area contributed by atoms with E-state index in [1.807, 2.05) is 24.3 Å². The van der Waals surface area contributed by atoms with E-state index in [1.54, 1.807) is 0 Å². The molecule has 0 saturated carbocycles. The van der Waals surface area contributed by atoms with Gasteiger partial charge in [-0.15, -0.1) is 11.3 Å². The number of rotatable bonds is 4. The number of fused-ring (bicyclic) bond motifs is 7. The number of nitrogens with two attached hydrogens (primary N) is 1. The lowest BCUT2D eigenvalue weighted by molar-refractivity contribution is 0.107. The minimum atomic E-state index is 0.0638. The SMILES string of the molecule is C[C@H]1CN2CCC[C@@]2(COc2nc3c4c(cc(-c5cccc6sc(N)c(C#N)c56)nc4n2)OC[C@@H]2[C@@H]4CC[C@H](CN32)N4)C1. The van der Waals surface area contributed by atoms with Gasteiger partial charge in [0.2, 0.25) is 0 Å². The highest BCUT2D eigenvalue weighted by molar-refractivity contribution is 7.23. The van der Waals surface area contributed by atoms with E-state index >= 15 is 0 Å². The van der Waals surface area contributed by atoms with Gasteiger partial charge in [0.05, 0.1) is 22.8 Å². The van der Waals surface area contributed by atoms with Crippen LogP contribution in [-0.4, -0.2) is 76.4 Å². The zero-order valence-corrected chi connectivity index (χ0v) is 25.0. The van der Waals surface area contributed by atoms with E-state index in [1.165, 1.54) is 17.8 Å². The largest absolute Gasteiger partial charge is 0.490 e. The van der Waals surface area contributed by atoms with Gasteiger partial charge in [0.15, 0.2) is 5.65 Å². The van der Waals surface area contributed by atoms with Crippen LogP contribution in [0.2, 0.25) is 0 Å². The minimum Gasteiger partial charge on any atom is -0.490 e. The molecule has 0 spiro atoms. The molecule has 10 nitrogen and oxygen atoms in total. The Morgan fingerprint density at radius 3 is 3.07 bits per heavy atom. The van der Waals surface area contributed by atoms with Gasteiger partial charge in [-0.3, -0.25) is 4.90 Å². The third-order valence-electron chi connectivity index (χ3n) is 10.4. The van der Waals surface area contributed by atoms with Crippen LogP contribution in [0.1, 0.15) is 44.6 Å². The van der Waals surface area contributed by atoms with Crippen molar-refractivity contribution in [3.8, 4) is 29.1 Å². The molecule has 8 heterocycles. The number of aromatic nitrogens is 3. The molecule has 4 fully saturated rings. The molecular formula is C32H34N8O2S. The fourth-order valence-corrected chi connectivity index (χ4v) is 9.56. The molecule has 0 radical (unpaired) electrons. The maximum absolute atomic E-state index is 9.95. The average molecular weight is 595 g/mol. The molecule has 3 aromatic heterocycles. The van der Waals surface area contributed by atoms with Gasteiger partial charge in [0.25, 0.3) is 0 Å². The quantitative estimate of drug-likeness (QED) is 0.353. The van der Waals surface area contributed by atoms with E-state index < -0.39 is 0 Å². The number of hydrogen-bond donors (Lipinski definition) is 2. The number of hydrogen-bond acceptors (Lipinski definition) is 11. The number of nitrogens with zero attached hydrogens (tertiary/aromatic N) is 6. The van der Waals surface area contributed by atoms with Gasteiger partial charge in [-0.05, 0) is 50.6 Å². The number of thiophene rings is 1. The second-order valence-corrected chi connectivity index (χ2v) is 14.2. The number of nitrogens with one attached hydrogen (secondary N) is 1. The first kappa shape index (κ1) is 25.7. The van der Waals surface area contributed by atoms with Crippen molar-refractivity contribution in [3.63, 3.8) is 0 Å². The number of nitrogen functional groups attached to an aromatic ring is 1. The molecule has 5 atom stereocenters. The highest BCUT2D eigenvalue weighted by Gasteiger charge is 2.48. The third kappa shape index (κ3) is 3.86. The van der Waals surface area contributed by atoms with Crippen LogP contribution in [0, 0.1) is 17.2 Å². The molecule has 2 bridgehead atoms. The first-order chi connectivity index (χ1) is 21.0. The maximum Gasteiger partial charge on any atom is 0.320 e. The Labute approximate surface area is 253 Å². The van der Waals surface area contributed by atoms with Crippen molar-refractivity contribution in [1.82, 2.24) is 25.2 Å². The van der Waals surface area contributed by atoms with Crippen LogP contribution in [0.15, 0.2) is 24.3 Å². The Kier molecular flexibility index (Phi) is 5.62. The van der Waals surface area contributed by atoms with Crippen LogP contribution in [0.25, 0.3) is 32.4 Å². The van der Waals surface area contributed by atoms with E-state index in [9.17, 15) is 5.26 Å². The predicted molar refractivity (Wildman–Crippen MR) is 167 cm³/mol. The number of piperazine rings is 1. The third-order valence-corrected chi connectivity index (χ3v) is 11.4. The molecule has 0 amide bonds. The van der Waals surface area contributed by atoms with Gasteiger partial charge in [0, 0.05) is 46.9 Å². The monoisotopic (exact) mass is 594 g/mol. The van der Waals surface area contributed by atoms with Crippen LogP contribution in [0.3, 0.4) is 0 Å². The summed E-state index contributed by atoms with van der Waals surface area (Å²) in [4.78, 5) is 20.2. The summed E-state index contributed by atoms with van der Waals surface area (Å²) in [6.07, 6.45) is 5.79. The molecule has 4 saturated heterocycles. The molecule has 1 aromatic carbocycles. The molecule has 11 heteroatoms. The maximum atomic E-state index is 9.95. The van der Waals surface area contributed by atoms with E-state index in [2.05, 4.69) is 28.1 Å². The number of pyridine rings is 1. The highest BCUT2D eigenvalue weighted by atomic mass is 32.1. The zero-order valence-electron chi connectivity index (χ0n) is 24.2. The summed E-state index contributed by atoms with van der Waals surface area (Å²) < 4.78 is 14.1. The van der Waals surface area contributed by atoms with Crippen LogP contribution in [-0.2, 0) is 0 Å². The number of anilines is 2. The summed E-state index contributed by atoms with van der Waals surface area (Å²) in [7, 11) is 0. The molecular weight excluding hydrogens is 560 g/mol. The van der Waals surface area contributed by atoms with Crippen molar-refractivity contribution >= 4 is 43.3 Å². The van der Waals surface area contributed by atoms with Crippen LogP contribution in [0.4, 0.5) is 10.8 Å². The van der Waals surface area contributed by atoms with Crippen molar-refractivity contribution < 1.29 is 9.47 Å². The first-order valence-corrected chi connectivity index (χ1v) is 16.3. The lowest BCUT2D eigenvalue weighted by Crippen LogP contribution is -2.60. The van der Waals surface area contributed by atoms with Gasteiger partial charge in [0.1, 0.15) is 41.2 Å². The zero-order chi connectivity index (χ0) is 28.9. The normalized spacial score (nSPS) is 29.3. The summed E-state index contributed by atoms with van der Waals surface area (Å²) in [5, 5.41) is 15.9. The van der Waals surface area contributed by atoms with Crippen molar-refractivity contribution in [1.29, 1.82) is 5.26 Å². The molecule has 220 valence electrons. The number of benzene rings is 1. The Balaban J connectivity index is 1.20. The van der Waals surface area contributed by atoms with Crippen molar-refractivity contribution in [2.75, 3.05) is 43.5 Å². The molecule has 5 aliphatic rings. The summed E-state index contributed by atoms with van der Waals surface area (Å²) in [5.41, 5.74) is 8.90. The lowest BCUT2D eigenvalue weighted by Gasteiger charge is -2.40. The lowest BCUT2D eigenvalue weighted by atomic mass is 9.92. The molecule has 43 heavy (non-hydrogen) atoms. The summed E-state index contributed by atoms with van der Waals surface area (Å²) >= 11 is 1.42. The topological polar surface area (TPSA) is 125 Å². The second kappa shape index (κ2) is 9.39. The minimum absolute atomic E-state index is 0.0638. The fourth-order valence-electron chi connectivity index (χ4n) is 8.61. The van der Waals surface area contributed by atoms with Crippen molar-refractivity contribution in [2.24, 2.45) is 5.92 Å². The molecule has 0 unspecified atom stereocenters. The molecule has 3 N–H and O–H groups in total. The van der Waals surface area contributed by atoms with Gasteiger partial charge >= 0.3 is 6.01 Å². The predicted octanol–water partition coefficient (Wildman–Crippen LogP) is 4.32. The Bertz CT molecular complexity index is 1840. The van der Waals surface area contributed by atoms with Crippen molar-refractivity contribution in [3.05, 3.63) is 29.8 Å². The first-order valence-electron chi connectivity index (χ1n) is 15.5. The van der Waals surface area contributed by atoms with Gasteiger partial charge in [-0.25, -0.2) is 4.98 Å². The van der Waals surface area contributed by atoms with Crippen LogP contribution in [0.5, 0.6) is 11.8 Å². The van der Waals surface area contributed by atoms with Gasteiger partial charge in [-0.2, -0.15) is 15.2 Å². The van der Waals surface area contributed by atoms with Gasteiger partial charge < -0.3 is 25.4 Å². The molecule has 9 rings (SSSR count). The number of ether oxygens (including phenoxy) is 2. The Morgan fingerprint density at radius 2 is 2.16 bits per heavy atom. The summed E-state index contributed by atoms with van der Waals surface area (Å²) in [6, 6.07) is 11.6.